The minimum Gasteiger partial charge on any atom is -0.374 e. The van der Waals surface area contributed by atoms with Crippen molar-refractivity contribution < 1.29 is 9.72 Å². The van der Waals surface area contributed by atoms with Gasteiger partial charge in [-0.15, -0.1) is 11.8 Å². The largest absolute Gasteiger partial charge is 0.374 e. The predicted octanol–water partition coefficient (Wildman–Crippen LogP) is 2.31. The first-order chi connectivity index (χ1) is 8.16. The summed E-state index contributed by atoms with van der Waals surface area (Å²) in [5.41, 5.74) is -0.245. The van der Waals surface area contributed by atoms with E-state index in [1.54, 1.807) is 0 Å². The van der Waals surface area contributed by atoms with Crippen molar-refractivity contribution in [3.05, 3.63) is 20.8 Å². The minimum absolute atomic E-state index is 0.245. The van der Waals surface area contributed by atoms with Gasteiger partial charge in [-0.25, -0.2) is 0 Å². The molecule has 0 aliphatic carbocycles. The van der Waals surface area contributed by atoms with Gasteiger partial charge in [0.05, 0.1) is 4.92 Å². The monoisotopic (exact) mass is 258 g/mol. The summed E-state index contributed by atoms with van der Waals surface area (Å²) >= 11 is 1.37. The average molecular weight is 258 g/mol. The molecule has 96 valence electrons. The molecule has 1 saturated heterocycles. The molecule has 0 aromatic rings. The smallest absolute Gasteiger partial charge is 0.341 e. The van der Waals surface area contributed by atoms with Crippen molar-refractivity contribution in [1.82, 2.24) is 5.32 Å². The van der Waals surface area contributed by atoms with Crippen LogP contribution in [-0.2, 0) is 4.79 Å². The maximum absolute atomic E-state index is 11.8. The molecular formula is C11H18N2O3S. The maximum atomic E-state index is 11.8. The third-order valence-electron chi connectivity index (χ3n) is 2.52. The van der Waals surface area contributed by atoms with Gasteiger partial charge in [0, 0.05) is 18.7 Å². The number of unbranched alkanes of at least 4 members (excludes halogenated alkanes) is 2. The summed E-state index contributed by atoms with van der Waals surface area (Å²) < 4.78 is 0. The number of thioether (sulfide) groups is 1. The van der Waals surface area contributed by atoms with Crippen LogP contribution in [0.5, 0.6) is 0 Å². The third kappa shape index (κ3) is 4.38. The summed E-state index contributed by atoms with van der Waals surface area (Å²) in [5, 5.41) is 14.3. The summed E-state index contributed by atoms with van der Waals surface area (Å²) in [6.45, 7) is 2.75. The highest BCUT2D eigenvalue weighted by molar-refractivity contribution is 8.03. The Morgan fingerprint density at radius 3 is 2.82 bits per heavy atom. The van der Waals surface area contributed by atoms with Gasteiger partial charge < -0.3 is 5.32 Å². The highest BCUT2D eigenvalue weighted by Crippen LogP contribution is 2.23. The van der Waals surface area contributed by atoms with Gasteiger partial charge in [0.2, 0.25) is 5.78 Å². The van der Waals surface area contributed by atoms with Crippen molar-refractivity contribution in [2.45, 2.75) is 39.0 Å². The Hall–Kier alpha value is -1.04. The van der Waals surface area contributed by atoms with Crippen molar-refractivity contribution in [2.75, 3.05) is 12.3 Å². The van der Waals surface area contributed by atoms with Crippen LogP contribution in [0.15, 0.2) is 10.7 Å². The quantitative estimate of drug-likeness (QED) is 0.342. The SMILES string of the molecule is CCCCCC(=O)C(=C1NCCCS1)[N+](=O)[O-]. The van der Waals surface area contributed by atoms with Crippen LogP contribution in [0.1, 0.15) is 39.0 Å². The van der Waals surface area contributed by atoms with Crippen LogP contribution in [0.2, 0.25) is 0 Å². The van der Waals surface area contributed by atoms with Crippen LogP contribution in [0, 0.1) is 10.1 Å². The lowest BCUT2D eigenvalue weighted by Gasteiger charge is -2.15. The molecule has 0 atom stereocenters. The van der Waals surface area contributed by atoms with Gasteiger partial charge in [0.1, 0.15) is 0 Å². The summed E-state index contributed by atoms with van der Waals surface area (Å²) in [4.78, 5) is 22.2. The van der Waals surface area contributed by atoms with Crippen LogP contribution in [-0.4, -0.2) is 23.0 Å². The molecule has 0 bridgehead atoms. The van der Waals surface area contributed by atoms with Gasteiger partial charge in [-0.05, 0) is 12.8 Å². The minimum atomic E-state index is -0.547. The maximum Gasteiger partial charge on any atom is 0.341 e. The number of hydrogen-bond donors (Lipinski definition) is 1. The molecule has 5 nitrogen and oxygen atoms in total. The highest BCUT2D eigenvalue weighted by atomic mass is 32.2. The van der Waals surface area contributed by atoms with Gasteiger partial charge in [0.15, 0.2) is 5.03 Å². The molecule has 1 N–H and O–H groups in total. The van der Waals surface area contributed by atoms with Crippen LogP contribution < -0.4 is 5.32 Å². The Morgan fingerprint density at radius 1 is 1.53 bits per heavy atom. The Bertz CT molecular complexity index is 321. The molecule has 0 unspecified atom stereocenters. The van der Waals surface area contributed by atoms with Crippen molar-refractivity contribution in [3.8, 4) is 0 Å². The molecular weight excluding hydrogens is 240 g/mol. The van der Waals surface area contributed by atoms with Gasteiger partial charge in [0.25, 0.3) is 0 Å². The first-order valence-corrected chi connectivity index (χ1v) is 6.94. The van der Waals surface area contributed by atoms with E-state index in [4.69, 9.17) is 0 Å². The van der Waals surface area contributed by atoms with Crippen molar-refractivity contribution in [1.29, 1.82) is 0 Å². The van der Waals surface area contributed by atoms with E-state index in [1.165, 1.54) is 11.8 Å². The molecule has 0 aromatic carbocycles. The lowest BCUT2D eigenvalue weighted by molar-refractivity contribution is -0.419. The van der Waals surface area contributed by atoms with Crippen molar-refractivity contribution in [2.24, 2.45) is 0 Å². The summed E-state index contributed by atoms with van der Waals surface area (Å²) in [7, 11) is 0. The van der Waals surface area contributed by atoms with E-state index in [-0.39, 0.29) is 17.9 Å². The van der Waals surface area contributed by atoms with Crippen LogP contribution in [0.4, 0.5) is 0 Å². The van der Waals surface area contributed by atoms with Gasteiger partial charge in [-0.2, -0.15) is 0 Å². The molecule has 1 rings (SSSR count). The fourth-order valence-corrected chi connectivity index (χ4v) is 2.64. The number of carbonyl (C=O) groups excluding carboxylic acids is 1. The Balaban J connectivity index is 2.70. The normalized spacial score (nSPS) is 18.4. The molecule has 1 aliphatic heterocycles. The molecule has 17 heavy (non-hydrogen) atoms. The van der Waals surface area contributed by atoms with E-state index >= 15 is 0 Å². The molecule has 6 heteroatoms. The molecule has 0 saturated carbocycles. The van der Waals surface area contributed by atoms with E-state index in [0.717, 1.165) is 31.4 Å². The predicted molar refractivity (Wildman–Crippen MR) is 68.2 cm³/mol. The molecule has 0 radical (unpaired) electrons. The lowest BCUT2D eigenvalue weighted by Crippen LogP contribution is -2.25. The first-order valence-electron chi connectivity index (χ1n) is 5.95. The second kappa shape index (κ2) is 7.32. The van der Waals surface area contributed by atoms with Crippen LogP contribution >= 0.6 is 11.8 Å². The first kappa shape index (κ1) is 14.0. The van der Waals surface area contributed by atoms with E-state index in [1.807, 2.05) is 6.92 Å². The molecule has 0 aromatic heterocycles. The number of nitrogens with zero attached hydrogens (tertiary/aromatic N) is 1. The number of rotatable bonds is 6. The fourth-order valence-electron chi connectivity index (χ4n) is 1.62. The zero-order valence-electron chi connectivity index (χ0n) is 10.0. The Kier molecular flexibility index (Phi) is 6.04. The summed E-state index contributed by atoms with van der Waals surface area (Å²) in [5.74, 6) is 0.488. The van der Waals surface area contributed by atoms with Crippen LogP contribution in [0.25, 0.3) is 0 Å². The molecule has 0 amide bonds. The number of carbonyl (C=O) groups is 1. The summed E-state index contributed by atoms with van der Waals surface area (Å²) in [6, 6.07) is 0. The fraction of sp³-hybridized carbons (Fsp3) is 0.727. The molecule has 0 spiro atoms. The van der Waals surface area contributed by atoms with Gasteiger partial charge in [-0.3, -0.25) is 14.9 Å². The number of hydrogen-bond acceptors (Lipinski definition) is 5. The lowest BCUT2D eigenvalue weighted by atomic mass is 10.1. The van der Waals surface area contributed by atoms with Crippen molar-refractivity contribution >= 4 is 17.5 Å². The number of nitrogens with one attached hydrogen (secondary N) is 1. The molecule has 1 fully saturated rings. The van der Waals surface area contributed by atoms with E-state index in [0.29, 0.717) is 11.6 Å². The zero-order valence-corrected chi connectivity index (χ0v) is 10.8. The standard InChI is InChI=1S/C11H18N2O3S/c1-2-3-4-6-9(14)10(13(15)16)11-12-7-5-8-17-11/h12H,2-8H2,1H3. The second-order valence-electron chi connectivity index (χ2n) is 3.94. The third-order valence-corrected chi connectivity index (χ3v) is 3.64. The number of Topliss-reactive ketones (excluding diaryl/α,β-unsaturated/α-hetero) is 1. The molecule has 1 aliphatic rings. The van der Waals surface area contributed by atoms with Crippen LogP contribution in [0.3, 0.4) is 0 Å². The average Bonchev–Trinajstić information content (AvgIpc) is 2.30. The van der Waals surface area contributed by atoms with E-state index in [2.05, 4.69) is 5.32 Å². The van der Waals surface area contributed by atoms with Crippen molar-refractivity contribution in [3.63, 3.8) is 0 Å². The number of allylic oxidation sites excluding steroid dienone is 1. The topological polar surface area (TPSA) is 72.2 Å². The number of nitro groups is 1. The van der Waals surface area contributed by atoms with Gasteiger partial charge >= 0.3 is 5.70 Å². The zero-order chi connectivity index (χ0) is 12.7. The highest BCUT2D eigenvalue weighted by Gasteiger charge is 2.28. The Morgan fingerprint density at radius 2 is 2.29 bits per heavy atom. The van der Waals surface area contributed by atoms with E-state index in [9.17, 15) is 14.9 Å². The van der Waals surface area contributed by atoms with Gasteiger partial charge in [-0.1, -0.05) is 19.8 Å². The molecule has 1 heterocycles. The van der Waals surface area contributed by atoms with E-state index < -0.39 is 4.92 Å². The second-order valence-corrected chi connectivity index (χ2v) is 5.05. The number of ketones is 1. The Labute approximate surface area is 105 Å². The summed E-state index contributed by atoms with van der Waals surface area (Å²) in [6.07, 6.45) is 3.92.